The number of hydrogen-bond acceptors (Lipinski definition) is 6. The van der Waals surface area contributed by atoms with Crippen molar-refractivity contribution in [1.82, 2.24) is 19.2 Å². The van der Waals surface area contributed by atoms with Crippen LogP contribution in [-0.2, 0) is 10.0 Å². The highest BCUT2D eigenvalue weighted by molar-refractivity contribution is 7.89. The largest absolute Gasteiger partial charge is 0.324 e. The molecule has 0 aliphatic carbocycles. The van der Waals surface area contributed by atoms with E-state index in [1.54, 1.807) is 42.7 Å². The van der Waals surface area contributed by atoms with Gasteiger partial charge < -0.3 is 10.2 Å². The summed E-state index contributed by atoms with van der Waals surface area (Å²) in [4.78, 5) is 10.6. The monoisotopic (exact) mass is 369 g/mol. The van der Waals surface area contributed by atoms with Crippen LogP contribution in [0.5, 0.6) is 0 Å². The molecule has 0 radical (unpaired) electrons. The summed E-state index contributed by atoms with van der Waals surface area (Å²) in [6.07, 6.45) is 3.28. The molecule has 1 aromatic carbocycles. The van der Waals surface area contributed by atoms with E-state index in [2.05, 4.69) is 20.2 Å². The Morgan fingerprint density at radius 2 is 1.58 bits per heavy atom. The molecule has 1 aliphatic rings. The van der Waals surface area contributed by atoms with E-state index in [0.29, 0.717) is 23.9 Å². The Hall–Kier alpha value is -1.74. The number of sulfonamides is 1. The Morgan fingerprint density at radius 1 is 1.00 bits per heavy atom. The molecule has 0 unspecified atom stereocenters. The van der Waals surface area contributed by atoms with Gasteiger partial charge in [0.15, 0.2) is 0 Å². The number of anilines is 2. The van der Waals surface area contributed by atoms with E-state index >= 15 is 0 Å². The molecule has 0 bridgehead atoms. The SMILES string of the molecule is CN1CCN(S(=O)(=O)c2ccc(Nc3ncccn3)cc2)CC1.Cl. The van der Waals surface area contributed by atoms with Gasteiger partial charge in [-0.15, -0.1) is 12.4 Å². The lowest BCUT2D eigenvalue weighted by Crippen LogP contribution is -2.46. The fourth-order valence-corrected chi connectivity index (χ4v) is 3.80. The predicted molar refractivity (Wildman–Crippen MR) is 95.3 cm³/mol. The van der Waals surface area contributed by atoms with Crippen molar-refractivity contribution >= 4 is 34.1 Å². The summed E-state index contributed by atoms with van der Waals surface area (Å²) in [5.41, 5.74) is 0.744. The van der Waals surface area contributed by atoms with Crippen LogP contribution in [0.25, 0.3) is 0 Å². The van der Waals surface area contributed by atoms with Crippen molar-refractivity contribution in [2.24, 2.45) is 0 Å². The molecule has 2 aromatic rings. The van der Waals surface area contributed by atoms with Crippen molar-refractivity contribution < 1.29 is 8.42 Å². The molecule has 1 fully saturated rings. The summed E-state index contributed by atoms with van der Waals surface area (Å²) in [6.45, 7) is 2.56. The van der Waals surface area contributed by atoms with Crippen molar-refractivity contribution in [3.8, 4) is 0 Å². The number of rotatable bonds is 4. The number of piperazine rings is 1. The van der Waals surface area contributed by atoms with Crippen LogP contribution >= 0.6 is 12.4 Å². The van der Waals surface area contributed by atoms with Gasteiger partial charge in [0.2, 0.25) is 16.0 Å². The summed E-state index contributed by atoms with van der Waals surface area (Å²) in [5, 5.41) is 3.03. The van der Waals surface area contributed by atoms with Gasteiger partial charge in [0.1, 0.15) is 0 Å². The van der Waals surface area contributed by atoms with Crippen molar-refractivity contribution in [3.05, 3.63) is 42.7 Å². The first kappa shape index (κ1) is 18.6. The van der Waals surface area contributed by atoms with Crippen LogP contribution in [0.3, 0.4) is 0 Å². The number of benzene rings is 1. The highest BCUT2D eigenvalue weighted by Crippen LogP contribution is 2.20. The fraction of sp³-hybridized carbons (Fsp3) is 0.333. The third kappa shape index (κ3) is 4.21. The smallest absolute Gasteiger partial charge is 0.243 e. The number of halogens is 1. The van der Waals surface area contributed by atoms with Gasteiger partial charge in [-0.3, -0.25) is 0 Å². The predicted octanol–water partition coefficient (Wildman–Crippen LogP) is 1.58. The molecule has 0 saturated carbocycles. The molecule has 7 nitrogen and oxygen atoms in total. The van der Waals surface area contributed by atoms with Gasteiger partial charge in [-0.1, -0.05) is 0 Å². The Kier molecular flexibility index (Phi) is 6.11. The molecule has 130 valence electrons. The highest BCUT2D eigenvalue weighted by atomic mass is 35.5. The molecule has 0 amide bonds. The van der Waals surface area contributed by atoms with Crippen LogP contribution in [0, 0.1) is 0 Å². The number of aromatic nitrogens is 2. The van der Waals surface area contributed by atoms with Crippen LogP contribution in [0.1, 0.15) is 0 Å². The molecule has 1 N–H and O–H groups in total. The van der Waals surface area contributed by atoms with E-state index in [9.17, 15) is 8.42 Å². The first-order valence-electron chi connectivity index (χ1n) is 7.38. The zero-order valence-electron chi connectivity index (χ0n) is 13.3. The van der Waals surface area contributed by atoms with Crippen LogP contribution in [0.4, 0.5) is 11.6 Å². The van der Waals surface area contributed by atoms with Gasteiger partial charge in [-0.25, -0.2) is 18.4 Å². The molecule has 0 atom stereocenters. The fourth-order valence-electron chi connectivity index (χ4n) is 2.38. The molecule has 1 aromatic heterocycles. The zero-order chi connectivity index (χ0) is 16.3. The molecular formula is C15H20ClN5O2S. The molecule has 3 rings (SSSR count). The molecule has 0 spiro atoms. The van der Waals surface area contributed by atoms with Crippen LogP contribution < -0.4 is 5.32 Å². The van der Waals surface area contributed by atoms with E-state index in [4.69, 9.17) is 0 Å². The number of hydrogen-bond donors (Lipinski definition) is 1. The maximum atomic E-state index is 12.6. The highest BCUT2D eigenvalue weighted by Gasteiger charge is 2.27. The van der Waals surface area contributed by atoms with Crippen LogP contribution in [0.15, 0.2) is 47.6 Å². The number of likely N-dealkylation sites (N-methyl/N-ethyl adjacent to an activating group) is 1. The Bertz CT molecular complexity index is 747. The normalized spacial score (nSPS) is 16.4. The topological polar surface area (TPSA) is 78.4 Å². The zero-order valence-corrected chi connectivity index (χ0v) is 14.9. The van der Waals surface area contributed by atoms with Crippen molar-refractivity contribution in [2.75, 3.05) is 38.5 Å². The first-order valence-corrected chi connectivity index (χ1v) is 8.82. The minimum absolute atomic E-state index is 0. The van der Waals surface area contributed by atoms with Gasteiger partial charge >= 0.3 is 0 Å². The van der Waals surface area contributed by atoms with E-state index in [-0.39, 0.29) is 12.4 Å². The van der Waals surface area contributed by atoms with Gasteiger partial charge in [0.05, 0.1) is 4.90 Å². The van der Waals surface area contributed by atoms with Crippen molar-refractivity contribution in [2.45, 2.75) is 4.90 Å². The minimum Gasteiger partial charge on any atom is -0.324 e. The van der Waals surface area contributed by atoms with E-state index < -0.39 is 10.0 Å². The lowest BCUT2D eigenvalue weighted by Gasteiger charge is -2.31. The summed E-state index contributed by atoms with van der Waals surface area (Å²) in [5.74, 6) is 0.474. The van der Waals surface area contributed by atoms with Crippen molar-refractivity contribution in [3.63, 3.8) is 0 Å². The molecular weight excluding hydrogens is 350 g/mol. The summed E-state index contributed by atoms with van der Waals surface area (Å²) < 4.78 is 26.8. The van der Waals surface area contributed by atoms with Gasteiger partial charge in [-0.05, 0) is 37.4 Å². The summed E-state index contributed by atoms with van der Waals surface area (Å²) >= 11 is 0. The third-order valence-electron chi connectivity index (χ3n) is 3.78. The average molecular weight is 370 g/mol. The second-order valence-corrected chi connectivity index (χ2v) is 7.37. The molecule has 1 saturated heterocycles. The molecule has 9 heteroatoms. The lowest BCUT2D eigenvalue weighted by atomic mass is 10.3. The summed E-state index contributed by atoms with van der Waals surface area (Å²) in [7, 11) is -1.43. The Labute approximate surface area is 148 Å². The maximum Gasteiger partial charge on any atom is 0.243 e. The van der Waals surface area contributed by atoms with Crippen molar-refractivity contribution in [1.29, 1.82) is 0 Å². The van der Waals surface area contributed by atoms with E-state index in [1.807, 2.05) is 7.05 Å². The van der Waals surface area contributed by atoms with E-state index in [1.165, 1.54) is 4.31 Å². The first-order chi connectivity index (χ1) is 11.1. The molecule has 2 heterocycles. The number of nitrogens with one attached hydrogen (secondary N) is 1. The second-order valence-electron chi connectivity index (χ2n) is 5.43. The Balaban J connectivity index is 0.00000208. The standard InChI is InChI=1S/C15H19N5O2S.ClH/c1-19-9-11-20(12-10-19)23(21,22)14-5-3-13(4-6-14)18-15-16-7-2-8-17-15;/h2-8H,9-12H2,1H3,(H,16,17,18);1H. The van der Waals surface area contributed by atoms with Gasteiger partial charge in [0, 0.05) is 44.3 Å². The Morgan fingerprint density at radius 3 is 2.17 bits per heavy atom. The third-order valence-corrected chi connectivity index (χ3v) is 5.69. The second kappa shape index (κ2) is 7.89. The molecule has 24 heavy (non-hydrogen) atoms. The van der Waals surface area contributed by atoms with Gasteiger partial charge in [0.25, 0.3) is 0 Å². The molecule has 1 aliphatic heterocycles. The van der Waals surface area contributed by atoms with E-state index in [0.717, 1.165) is 18.8 Å². The minimum atomic E-state index is -3.43. The maximum absolute atomic E-state index is 12.6. The number of nitrogens with zero attached hydrogens (tertiary/aromatic N) is 4. The average Bonchev–Trinajstić information content (AvgIpc) is 2.57. The van der Waals surface area contributed by atoms with Crippen LogP contribution in [-0.4, -0.2) is 60.8 Å². The lowest BCUT2D eigenvalue weighted by molar-refractivity contribution is 0.222. The van der Waals surface area contributed by atoms with Crippen LogP contribution in [0.2, 0.25) is 0 Å². The van der Waals surface area contributed by atoms with Gasteiger partial charge in [-0.2, -0.15) is 4.31 Å². The quantitative estimate of drug-likeness (QED) is 0.881. The summed E-state index contributed by atoms with van der Waals surface area (Å²) in [6, 6.07) is 8.40.